The van der Waals surface area contributed by atoms with Crippen molar-refractivity contribution in [1.29, 1.82) is 0 Å². The van der Waals surface area contributed by atoms with Crippen LogP contribution in [0.4, 0.5) is 19.0 Å². The normalized spacial score (nSPS) is 15.3. The Morgan fingerprint density at radius 3 is 2.31 bits per heavy atom. The van der Waals surface area contributed by atoms with Gasteiger partial charge in [-0.1, -0.05) is 11.6 Å². The summed E-state index contributed by atoms with van der Waals surface area (Å²) in [5.41, 5.74) is -0.644. The van der Waals surface area contributed by atoms with Gasteiger partial charge in [-0.15, -0.1) is 11.3 Å². The van der Waals surface area contributed by atoms with Crippen molar-refractivity contribution in [3.8, 4) is 0 Å². The lowest BCUT2D eigenvalue weighted by Gasteiger charge is -2.34. The summed E-state index contributed by atoms with van der Waals surface area (Å²) in [5, 5.41) is 3.26. The molecule has 186 valence electrons. The third kappa shape index (κ3) is 5.92. The highest BCUT2D eigenvalue weighted by Gasteiger charge is 2.34. The van der Waals surface area contributed by atoms with E-state index in [0.717, 1.165) is 17.5 Å². The first-order valence-corrected chi connectivity index (χ1v) is 12.9. The number of benzene rings is 1. The molecule has 1 amide bonds. The summed E-state index contributed by atoms with van der Waals surface area (Å²) in [5.74, 6) is -0.0492. The van der Waals surface area contributed by atoms with Gasteiger partial charge in [0.1, 0.15) is 10.0 Å². The number of carbonyl (C=O) groups excluding carboxylic acids is 1. The minimum atomic E-state index is -4.57. The molecule has 8 nitrogen and oxygen atoms in total. The van der Waals surface area contributed by atoms with Crippen LogP contribution in [-0.4, -0.2) is 54.8 Å². The SMILES string of the molecule is O=C(NCc1ccc(S(=O)(=O)N2CCN(c3cnc(C(F)(F)F)cn3)CC2)s1)c1ccc(Cl)cc1. The monoisotopic (exact) mass is 545 g/mol. The quantitative estimate of drug-likeness (QED) is 0.508. The van der Waals surface area contributed by atoms with Gasteiger partial charge < -0.3 is 10.2 Å². The summed E-state index contributed by atoms with van der Waals surface area (Å²) in [6, 6.07) is 9.55. The number of halogens is 4. The number of nitrogens with one attached hydrogen (secondary N) is 1. The Bertz CT molecular complexity index is 1290. The van der Waals surface area contributed by atoms with Gasteiger partial charge in [0.15, 0.2) is 5.69 Å². The van der Waals surface area contributed by atoms with Gasteiger partial charge >= 0.3 is 6.18 Å². The predicted octanol–water partition coefficient (Wildman–Crippen LogP) is 3.65. The molecule has 3 heterocycles. The minimum Gasteiger partial charge on any atom is -0.353 e. The summed E-state index contributed by atoms with van der Waals surface area (Å²) in [4.78, 5) is 21.8. The highest BCUT2D eigenvalue weighted by atomic mass is 35.5. The standard InChI is InChI=1S/C21H19ClF3N5O3S2/c22-15-3-1-14(2-4-15)20(31)28-11-16-5-6-19(34-16)35(32,33)30-9-7-29(8-10-30)18-13-26-17(12-27-18)21(23,24)25/h1-6,12-13H,7-11H2,(H,28,31). The Balaban J connectivity index is 1.34. The summed E-state index contributed by atoms with van der Waals surface area (Å²) in [6.45, 7) is 0.975. The third-order valence-electron chi connectivity index (χ3n) is 5.25. The molecule has 0 atom stereocenters. The molecule has 3 aromatic rings. The number of nitrogens with zero attached hydrogens (tertiary/aromatic N) is 4. The number of alkyl halides is 3. The lowest BCUT2D eigenvalue weighted by molar-refractivity contribution is -0.141. The first-order valence-electron chi connectivity index (χ1n) is 10.3. The molecular weight excluding hydrogens is 527 g/mol. The summed E-state index contributed by atoms with van der Waals surface area (Å²) < 4.78 is 65.6. The maximum Gasteiger partial charge on any atom is 0.434 e. The number of thiophene rings is 1. The number of aromatic nitrogens is 2. The molecule has 1 aromatic carbocycles. The van der Waals surface area contributed by atoms with E-state index in [4.69, 9.17) is 11.6 Å². The number of carbonyl (C=O) groups is 1. The molecule has 1 aliphatic rings. The van der Waals surface area contributed by atoms with Gasteiger partial charge in [0, 0.05) is 41.6 Å². The summed E-state index contributed by atoms with van der Waals surface area (Å²) in [7, 11) is -3.76. The fraction of sp³-hybridized carbons (Fsp3) is 0.286. The van der Waals surface area contributed by atoms with Crippen LogP contribution < -0.4 is 10.2 Å². The Labute approximate surface area is 208 Å². The Morgan fingerprint density at radius 1 is 1.03 bits per heavy atom. The second-order valence-electron chi connectivity index (χ2n) is 7.56. The van der Waals surface area contributed by atoms with E-state index in [-0.39, 0.29) is 48.7 Å². The first-order chi connectivity index (χ1) is 16.5. The van der Waals surface area contributed by atoms with E-state index in [2.05, 4.69) is 15.3 Å². The van der Waals surface area contributed by atoms with Crippen LogP contribution in [0, 0.1) is 0 Å². The van der Waals surface area contributed by atoms with Crippen molar-refractivity contribution in [1.82, 2.24) is 19.6 Å². The number of piperazine rings is 1. The van der Waals surface area contributed by atoms with Crippen LogP contribution in [0.25, 0.3) is 0 Å². The largest absolute Gasteiger partial charge is 0.434 e. The second-order valence-corrected chi connectivity index (χ2v) is 11.3. The van der Waals surface area contributed by atoms with E-state index in [1.165, 1.54) is 10.4 Å². The molecule has 0 radical (unpaired) electrons. The summed E-state index contributed by atoms with van der Waals surface area (Å²) >= 11 is 6.89. The van der Waals surface area contributed by atoms with Crippen LogP contribution in [0.2, 0.25) is 5.02 Å². The van der Waals surface area contributed by atoms with Gasteiger partial charge in [0.25, 0.3) is 15.9 Å². The molecule has 14 heteroatoms. The van der Waals surface area contributed by atoms with Crippen LogP contribution in [0.15, 0.2) is 53.0 Å². The Morgan fingerprint density at radius 2 is 1.71 bits per heavy atom. The molecule has 0 spiro atoms. The second kappa shape index (κ2) is 10.1. The number of amides is 1. The number of anilines is 1. The number of rotatable bonds is 6. The molecule has 0 saturated carbocycles. The minimum absolute atomic E-state index is 0.144. The first kappa shape index (κ1) is 25.4. The maximum absolute atomic E-state index is 13.1. The average Bonchev–Trinajstić information content (AvgIpc) is 3.33. The van der Waals surface area contributed by atoms with Crippen LogP contribution in [0.1, 0.15) is 20.9 Å². The highest BCUT2D eigenvalue weighted by molar-refractivity contribution is 7.91. The zero-order valence-corrected chi connectivity index (χ0v) is 20.4. The van der Waals surface area contributed by atoms with Gasteiger partial charge in [-0.3, -0.25) is 4.79 Å². The van der Waals surface area contributed by atoms with Crippen molar-refractivity contribution in [2.75, 3.05) is 31.1 Å². The van der Waals surface area contributed by atoms with E-state index >= 15 is 0 Å². The van der Waals surface area contributed by atoms with Crippen molar-refractivity contribution >= 4 is 44.7 Å². The number of hydrogen-bond donors (Lipinski definition) is 1. The third-order valence-corrected chi connectivity index (χ3v) is 8.96. The van der Waals surface area contributed by atoms with Gasteiger partial charge in [0.05, 0.1) is 18.9 Å². The lowest BCUT2D eigenvalue weighted by atomic mass is 10.2. The fourth-order valence-electron chi connectivity index (χ4n) is 3.38. The number of hydrogen-bond acceptors (Lipinski definition) is 7. The molecule has 0 aliphatic carbocycles. The van der Waals surface area contributed by atoms with E-state index in [9.17, 15) is 26.4 Å². The van der Waals surface area contributed by atoms with Crippen molar-refractivity contribution in [3.63, 3.8) is 0 Å². The van der Waals surface area contributed by atoms with Gasteiger partial charge in [-0.2, -0.15) is 17.5 Å². The lowest BCUT2D eigenvalue weighted by Crippen LogP contribution is -2.48. The van der Waals surface area contributed by atoms with Gasteiger partial charge in [0.2, 0.25) is 0 Å². The molecule has 1 saturated heterocycles. The Hall–Kier alpha value is -2.74. The number of sulfonamides is 1. The fourth-order valence-corrected chi connectivity index (χ4v) is 6.38. The van der Waals surface area contributed by atoms with Crippen molar-refractivity contribution in [2.24, 2.45) is 0 Å². The molecule has 0 unspecified atom stereocenters. The molecule has 0 bridgehead atoms. The molecule has 2 aromatic heterocycles. The van der Waals surface area contributed by atoms with E-state index in [0.29, 0.717) is 21.7 Å². The van der Waals surface area contributed by atoms with Crippen molar-refractivity contribution in [2.45, 2.75) is 16.9 Å². The molecule has 1 aliphatic heterocycles. The van der Waals surface area contributed by atoms with E-state index in [1.54, 1.807) is 35.2 Å². The van der Waals surface area contributed by atoms with Crippen LogP contribution in [0.3, 0.4) is 0 Å². The maximum atomic E-state index is 13.1. The molecule has 1 fully saturated rings. The molecular formula is C21H19ClF3N5O3S2. The topological polar surface area (TPSA) is 95.5 Å². The predicted molar refractivity (Wildman–Crippen MR) is 125 cm³/mol. The zero-order valence-electron chi connectivity index (χ0n) is 18.0. The molecule has 4 rings (SSSR count). The Kier molecular flexibility index (Phi) is 7.31. The molecule has 35 heavy (non-hydrogen) atoms. The zero-order chi connectivity index (χ0) is 25.2. The van der Waals surface area contributed by atoms with E-state index in [1.807, 2.05) is 0 Å². The van der Waals surface area contributed by atoms with Crippen molar-refractivity contribution in [3.05, 3.63) is 69.9 Å². The van der Waals surface area contributed by atoms with E-state index < -0.39 is 21.9 Å². The highest BCUT2D eigenvalue weighted by Crippen LogP contribution is 2.29. The van der Waals surface area contributed by atoms with Gasteiger partial charge in [-0.05, 0) is 36.4 Å². The average molecular weight is 546 g/mol. The van der Waals surface area contributed by atoms with Gasteiger partial charge in [-0.25, -0.2) is 18.4 Å². The summed E-state index contributed by atoms with van der Waals surface area (Å²) in [6.07, 6.45) is -2.87. The van der Waals surface area contributed by atoms with Crippen LogP contribution in [0.5, 0.6) is 0 Å². The van der Waals surface area contributed by atoms with Crippen LogP contribution in [-0.2, 0) is 22.7 Å². The van der Waals surface area contributed by atoms with Crippen LogP contribution >= 0.6 is 22.9 Å². The smallest absolute Gasteiger partial charge is 0.353 e. The van der Waals surface area contributed by atoms with Crippen molar-refractivity contribution < 1.29 is 26.4 Å². The molecule has 1 N–H and O–H groups in total.